The van der Waals surface area contributed by atoms with Crippen LogP contribution in [0, 0.1) is 0 Å². The molecule has 0 bridgehead atoms. The SMILES string of the molecule is C=CCCCCC=C.C=Cc1ccccc1C=C. The molecule has 0 saturated heterocycles. The molecule has 0 nitrogen and oxygen atoms in total. The second-order valence-electron chi connectivity index (χ2n) is 3.90. The summed E-state index contributed by atoms with van der Waals surface area (Å²) in [6.07, 6.45) is 12.4. The third kappa shape index (κ3) is 7.45. The minimum absolute atomic E-state index is 1.14. The van der Waals surface area contributed by atoms with Crippen LogP contribution < -0.4 is 0 Å². The quantitative estimate of drug-likeness (QED) is 0.411. The number of hydrogen-bond acceptors (Lipinski definition) is 0. The van der Waals surface area contributed by atoms with Gasteiger partial charge in [0, 0.05) is 0 Å². The first-order chi connectivity index (χ1) is 8.79. The highest BCUT2D eigenvalue weighted by atomic mass is 13.9. The molecule has 0 spiro atoms. The Bertz CT molecular complexity index is 334. The van der Waals surface area contributed by atoms with Gasteiger partial charge in [0.15, 0.2) is 0 Å². The molecule has 0 heterocycles. The first-order valence-electron chi connectivity index (χ1n) is 6.35. The Hall–Kier alpha value is -1.82. The minimum Gasteiger partial charge on any atom is -0.103 e. The first-order valence-corrected chi connectivity index (χ1v) is 6.35. The third-order valence-electron chi connectivity index (χ3n) is 2.50. The minimum atomic E-state index is 1.14. The number of rotatable bonds is 7. The van der Waals surface area contributed by atoms with Gasteiger partial charge in [-0.15, -0.1) is 13.2 Å². The highest BCUT2D eigenvalue weighted by molar-refractivity contribution is 5.63. The van der Waals surface area contributed by atoms with Crippen LogP contribution in [0.2, 0.25) is 0 Å². The average molecular weight is 240 g/mol. The molecule has 0 aliphatic heterocycles. The molecule has 0 heteroatoms. The molecule has 0 aliphatic carbocycles. The Labute approximate surface area is 112 Å². The fraction of sp³-hybridized carbons (Fsp3) is 0.222. The zero-order chi connectivity index (χ0) is 13.6. The molecule has 0 aromatic heterocycles. The van der Waals surface area contributed by atoms with Gasteiger partial charge in [0.1, 0.15) is 0 Å². The van der Waals surface area contributed by atoms with Crippen molar-refractivity contribution in [2.75, 3.05) is 0 Å². The molecule has 0 radical (unpaired) electrons. The van der Waals surface area contributed by atoms with Crippen LogP contribution in [-0.2, 0) is 0 Å². The van der Waals surface area contributed by atoms with Gasteiger partial charge in [-0.1, -0.05) is 61.7 Å². The molecular weight excluding hydrogens is 216 g/mol. The lowest BCUT2D eigenvalue weighted by Gasteiger charge is -1.96. The van der Waals surface area contributed by atoms with E-state index in [2.05, 4.69) is 26.3 Å². The fourth-order valence-electron chi connectivity index (χ4n) is 1.46. The lowest BCUT2D eigenvalue weighted by atomic mass is 10.1. The molecule has 0 saturated carbocycles. The summed E-state index contributed by atoms with van der Waals surface area (Å²) in [5, 5.41) is 0. The Kier molecular flexibility index (Phi) is 10.5. The molecule has 96 valence electrons. The van der Waals surface area contributed by atoms with Gasteiger partial charge in [-0.3, -0.25) is 0 Å². The van der Waals surface area contributed by atoms with Gasteiger partial charge in [0.25, 0.3) is 0 Å². The van der Waals surface area contributed by atoms with Crippen LogP contribution >= 0.6 is 0 Å². The highest BCUT2D eigenvalue weighted by Crippen LogP contribution is 2.10. The maximum absolute atomic E-state index is 3.69. The summed E-state index contributed by atoms with van der Waals surface area (Å²) in [6.45, 7) is 14.6. The smallest absolute Gasteiger partial charge is 0.0190 e. The third-order valence-corrected chi connectivity index (χ3v) is 2.50. The van der Waals surface area contributed by atoms with E-state index < -0.39 is 0 Å². The summed E-state index contributed by atoms with van der Waals surface area (Å²) in [5.41, 5.74) is 2.27. The fourth-order valence-corrected chi connectivity index (χ4v) is 1.46. The van der Waals surface area contributed by atoms with Gasteiger partial charge < -0.3 is 0 Å². The molecule has 0 N–H and O–H groups in total. The number of unbranched alkanes of at least 4 members (excludes halogenated alkanes) is 3. The van der Waals surface area contributed by atoms with Crippen molar-refractivity contribution in [1.82, 2.24) is 0 Å². The van der Waals surface area contributed by atoms with Crippen molar-refractivity contribution in [2.24, 2.45) is 0 Å². The second-order valence-corrected chi connectivity index (χ2v) is 3.90. The molecule has 18 heavy (non-hydrogen) atoms. The molecule has 0 unspecified atom stereocenters. The van der Waals surface area contributed by atoms with Crippen LogP contribution in [0.15, 0.2) is 62.7 Å². The van der Waals surface area contributed by atoms with Crippen LogP contribution in [0.25, 0.3) is 12.2 Å². The van der Waals surface area contributed by atoms with Crippen LogP contribution in [0.5, 0.6) is 0 Å². The van der Waals surface area contributed by atoms with Crippen LogP contribution in [0.1, 0.15) is 36.8 Å². The summed E-state index contributed by atoms with van der Waals surface area (Å²) in [5.74, 6) is 0. The van der Waals surface area contributed by atoms with Crippen molar-refractivity contribution in [2.45, 2.75) is 25.7 Å². The van der Waals surface area contributed by atoms with E-state index >= 15 is 0 Å². The Morgan fingerprint density at radius 2 is 1.11 bits per heavy atom. The van der Waals surface area contributed by atoms with Crippen molar-refractivity contribution in [3.8, 4) is 0 Å². The number of benzene rings is 1. The van der Waals surface area contributed by atoms with E-state index in [-0.39, 0.29) is 0 Å². The van der Waals surface area contributed by atoms with E-state index in [1.54, 1.807) is 0 Å². The Morgan fingerprint density at radius 3 is 1.39 bits per heavy atom. The average Bonchev–Trinajstić information content (AvgIpc) is 2.44. The Morgan fingerprint density at radius 1 is 0.722 bits per heavy atom. The van der Waals surface area contributed by atoms with Crippen molar-refractivity contribution in [3.63, 3.8) is 0 Å². The van der Waals surface area contributed by atoms with E-state index in [1.165, 1.54) is 12.8 Å². The monoisotopic (exact) mass is 240 g/mol. The van der Waals surface area contributed by atoms with Crippen molar-refractivity contribution in [1.29, 1.82) is 0 Å². The van der Waals surface area contributed by atoms with Crippen molar-refractivity contribution >= 4 is 12.2 Å². The van der Waals surface area contributed by atoms with Gasteiger partial charge in [-0.2, -0.15) is 0 Å². The van der Waals surface area contributed by atoms with E-state index in [0.29, 0.717) is 0 Å². The topological polar surface area (TPSA) is 0 Å². The van der Waals surface area contributed by atoms with Gasteiger partial charge >= 0.3 is 0 Å². The molecule has 1 aromatic rings. The molecule has 1 rings (SSSR count). The van der Waals surface area contributed by atoms with E-state index in [9.17, 15) is 0 Å². The summed E-state index contributed by atoms with van der Waals surface area (Å²) in [6, 6.07) is 8.02. The molecule has 0 atom stereocenters. The van der Waals surface area contributed by atoms with Crippen LogP contribution in [0.3, 0.4) is 0 Å². The zero-order valence-corrected chi connectivity index (χ0v) is 11.3. The van der Waals surface area contributed by atoms with E-state index in [0.717, 1.165) is 24.0 Å². The molecule has 0 aliphatic rings. The summed E-state index contributed by atoms with van der Waals surface area (Å²) < 4.78 is 0. The standard InChI is InChI=1S/C10H10.C8H14/c1-3-9-7-5-6-8-10(9)4-2;1-3-5-7-8-6-4-2/h3-8H,1-2H2;3-4H,1-2,5-8H2. The lowest BCUT2D eigenvalue weighted by molar-refractivity contribution is 0.764. The highest BCUT2D eigenvalue weighted by Gasteiger charge is 1.89. The predicted octanol–water partition coefficient (Wildman–Crippen LogP) is 5.89. The van der Waals surface area contributed by atoms with Gasteiger partial charge in [0.05, 0.1) is 0 Å². The normalized spacial score (nSPS) is 8.67. The predicted molar refractivity (Wildman–Crippen MR) is 85.5 cm³/mol. The van der Waals surface area contributed by atoms with Gasteiger partial charge in [-0.05, 0) is 36.8 Å². The molecular formula is C18H24. The van der Waals surface area contributed by atoms with Crippen LogP contribution in [0.4, 0.5) is 0 Å². The molecule has 0 fully saturated rings. The molecule has 0 amide bonds. The van der Waals surface area contributed by atoms with Gasteiger partial charge in [-0.25, -0.2) is 0 Å². The maximum atomic E-state index is 3.69. The molecule has 1 aromatic carbocycles. The first kappa shape index (κ1) is 16.2. The lowest BCUT2D eigenvalue weighted by Crippen LogP contribution is -1.76. The zero-order valence-electron chi connectivity index (χ0n) is 11.3. The van der Waals surface area contributed by atoms with Crippen molar-refractivity contribution < 1.29 is 0 Å². The summed E-state index contributed by atoms with van der Waals surface area (Å²) in [4.78, 5) is 0. The number of allylic oxidation sites excluding steroid dienone is 2. The largest absolute Gasteiger partial charge is 0.103 e. The second kappa shape index (κ2) is 11.7. The summed E-state index contributed by atoms with van der Waals surface area (Å²) >= 11 is 0. The Balaban J connectivity index is 0.000000331. The summed E-state index contributed by atoms with van der Waals surface area (Å²) in [7, 11) is 0. The van der Waals surface area contributed by atoms with E-state index in [1.807, 2.05) is 48.6 Å². The van der Waals surface area contributed by atoms with Crippen molar-refractivity contribution in [3.05, 3.63) is 73.9 Å². The van der Waals surface area contributed by atoms with Crippen LogP contribution in [-0.4, -0.2) is 0 Å². The number of hydrogen-bond donors (Lipinski definition) is 0. The van der Waals surface area contributed by atoms with E-state index in [4.69, 9.17) is 0 Å². The maximum Gasteiger partial charge on any atom is -0.0190 e. The van der Waals surface area contributed by atoms with Gasteiger partial charge in [0.2, 0.25) is 0 Å².